The average Bonchev–Trinajstić information content (AvgIpc) is 3.07. The fraction of sp³-hybridized carbons (Fsp3) is 0.261. The molecule has 1 aliphatic rings. The molecule has 0 saturated carbocycles. The van der Waals surface area contributed by atoms with Gasteiger partial charge in [-0.05, 0) is 35.9 Å². The standard InChI is InChI=1S/C23H23N3O2/c27-22-14-19(16-26(22)13-5-8-17-6-2-1-3-7-17)25-23(28)21-10-4-9-18-15-24-12-11-20(18)21/h1-4,6-7,9-12,15,19H,5,8,13-14,16H2,(H,25,28). The molecule has 0 aliphatic carbocycles. The van der Waals surface area contributed by atoms with Gasteiger partial charge in [0.15, 0.2) is 0 Å². The van der Waals surface area contributed by atoms with Crippen LogP contribution in [0.2, 0.25) is 0 Å². The quantitative estimate of drug-likeness (QED) is 0.722. The van der Waals surface area contributed by atoms with Crippen LogP contribution in [-0.2, 0) is 11.2 Å². The molecule has 1 fully saturated rings. The lowest BCUT2D eigenvalue weighted by Crippen LogP contribution is -2.37. The van der Waals surface area contributed by atoms with E-state index >= 15 is 0 Å². The number of hydrogen-bond donors (Lipinski definition) is 1. The van der Waals surface area contributed by atoms with E-state index in [0.717, 1.165) is 30.2 Å². The van der Waals surface area contributed by atoms with E-state index in [-0.39, 0.29) is 17.9 Å². The molecule has 1 aliphatic heterocycles. The van der Waals surface area contributed by atoms with Crippen LogP contribution in [0.4, 0.5) is 0 Å². The molecule has 1 unspecified atom stereocenters. The van der Waals surface area contributed by atoms with Crippen LogP contribution >= 0.6 is 0 Å². The van der Waals surface area contributed by atoms with E-state index in [1.807, 2.05) is 47.4 Å². The third-order valence-electron chi connectivity index (χ3n) is 5.21. The van der Waals surface area contributed by atoms with Crippen molar-refractivity contribution in [3.05, 3.63) is 78.1 Å². The number of carbonyl (C=O) groups is 2. The lowest BCUT2D eigenvalue weighted by atomic mass is 10.1. The Morgan fingerprint density at radius 3 is 2.82 bits per heavy atom. The number of likely N-dealkylation sites (tertiary alicyclic amines) is 1. The zero-order valence-electron chi connectivity index (χ0n) is 15.7. The van der Waals surface area contributed by atoms with Crippen molar-refractivity contribution in [1.82, 2.24) is 15.2 Å². The normalized spacial score (nSPS) is 16.5. The van der Waals surface area contributed by atoms with Gasteiger partial charge in [0.2, 0.25) is 5.91 Å². The summed E-state index contributed by atoms with van der Waals surface area (Å²) in [7, 11) is 0. The Balaban J connectivity index is 1.34. The largest absolute Gasteiger partial charge is 0.347 e. The SMILES string of the molecule is O=C(NC1CC(=O)N(CCCc2ccccc2)C1)c1cccc2cnccc12. The second-order valence-electron chi connectivity index (χ2n) is 7.21. The summed E-state index contributed by atoms with van der Waals surface area (Å²) in [5.41, 5.74) is 1.90. The summed E-state index contributed by atoms with van der Waals surface area (Å²) in [6, 6.07) is 17.6. The highest BCUT2D eigenvalue weighted by Crippen LogP contribution is 2.19. The Labute approximate surface area is 164 Å². The first kappa shape index (κ1) is 18.2. The smallest absolute Gasteiger partial charge is 0.252 e. The van der Waals surface area contributed by atoms with Gasteiger partial charge in [-0.1, -0.05) is 42.5 Å². The minimum absolute atomic E-state index is 0.112. The number of nitrogens with zero attached hydrogens (tertiary/aromatic N) is 2. The third-order valence-corrected chi connectivity index (χ3v) is 5.21. The van der Waals surface area contributed by atoms with Gasteiger partial charge in [0.25, 0.3) is 5.91 Å². The van der Waals surface area contributed by atoms with E-state index in [9.17, 15) is 9.59 Å². The molecule has 4 rings (SSSR count). The first-order valence-corrected chi connectivity index (χ1v) is 9.66. The summed E-state index contributed by atoms with van der Waals surface area (Å²) in [6.07, 6.45) is 5.67. The molecule has 1 N–H and O–H groups in total. The minimum Gasteiger partial charge on any atom is -0.347 e. The first-order chi connectivity index (χ1) is 13.7. The molecule has 1 aromatic heterocycles. The summed E-state index contributed by atoms with van der Waals surface area (Å²) in [5.74, 6) is -0.0267. The Hall–Kier alpha value is -3.21. The van der Waals surface area contributed by atoms with Crippen LogP contribution in [0.3, 0.4) is 0 Å². The van der Waals surface area contributed by atoms with Gasteiger partial charge in [0, 0.05) is 42.9 Å². The summed E-state index contributed by atoms with van der Waals surface area (Å²) in [5, 5.41) is 4.84. The van der Waals surface area contributed by atoms with Crippen molar-refractivity contribution in [3.63, 3.8) is 0 Å². The number of rotatable bonds is 6. The Kier molecular flexibility index (Phi) is 5.33. The molecule has 2 heterocycles. The lowest BCUT2D eigenvalue weighted by Gasteiger charge is -2.17. The van der Waals surface area contributed by atoms with Gasteiger partial charge in [-0.2, -0.15) is 0 Å². The van der Waals surface area contributed by atoms with Crippen molar-refractivity contribution in [2.45, 2.75) is 25.3 Å². The Bertz CT molecular complexity index is 982. The number of fused-ring (bicyclic) bond motifs is 1. The van der Waals surface area contributed by atoms with E-state index in [0.29, 0.717) is 18.5 Å². The van der Waals surface area contributed by atoms with Crippen molar-refractivity contribution in [2.75, 3.05) is 13.1 Å². The van der Waals surface area contributed by atoms with Crippen LogP contribution in [0, 0.1) is 0 Å². The van der Waals surface area contributed by atoms with Gasteiger partial charge in [0.1, 0.15) is 0 Å². The van der Waals surface area contributed by atoms with Crippen LogP contribution in [0.5, 0.6) is 0 Å². The lowest BCUT2D eigenvalue weighted by molar-refractivity contribution is -0.127. The predicted molar refractivity (Wildman–Crippen MR) is 109 cm³/mol. The molecular weight excluding hydrogens is 350 g/mol. The van der Waals surface area contributed by atoms with Crippen LogP contribution < -0.4 is 5.32 Å². The number of aryl methyl sites for hydroxylation is 1. The van der Waals surface area contributed by atoms with Gasteiger partial charge < -0.3 is 10.2 Å². The topological polar surface area (TPSA) is 62.3 Å². The number of benzene rings is 2. The Morgan fingerprint density at radius 1 is 1.11 bits per heavy atom. The average molecular weight is 373 g/mol. The highest BCUT2D eigenvalue weighted by Gasteiger charge is 2.30. The minimum atomic E-state index is -0.145. The molecule has 3 aromatic rings. The number of aromatic nitrogens is 1. The molecule has 1 saturated heterocycles. The molecule has 142 valence electrons. The van der Waals surface area contributed by atoms with Crippen molar-refractivity contribution >= 4 is 22.6 Å². The van der Waals surface area contributed by atoms with Crippen molar-refractivity contribution in [3.8, 4) is 0 Å². The van der Waals surface area contributed by atoms with Crippen molar-refractivity contribution < 1.29 is 9.59 Å². The number of carbonyl (C=O) groups excluding carboxylic acids is 2. The Morgan fingerprint density at radius 2 is 1.96 bits per heavy atom. The first-order valence-electron chi connectivity index (χ1n) is 9.66. The molecule has 5 heteroatoms. The van der Waals surface area contributed by atoms with Gasteiger partial charge in [-0.15, -0.1) is 0 Å². The molecule has 2 amide bonds. The molecule has 2 aromatic carbocycles. The molecular formula is C23H23N3O2. The van der Waals surface area contributed by atoms with Crippen molar-refractivity contribution in [1.29, 1.82) is 0 Å². The second-order valence-corrected chi connectivity index (χ2v) is 7.21. The fourth-order valence-corrected chi connectivity index (χ4v) is 3.79. The maximum Gasteiger partial charge on any atom is 0.252 e. The van der Waals surface area contributed by atoms with E-state index in [1.54, 1.807) is 12.4 Å². The van der Waals surface area contributed by atoms with E-state index < -0.39 is 0 Å². The number of pyridine rings is 1. The van der Waals surface area contributed by atoms with E-state index in [1.165, 1.54) is 5.56 Å². The van der Waals surface area contributed by atoms with Crippen LogP contribution in [0.1, 0.15) is 28.8 Å². The second kappa shape index (κ2) is 8.21. The van der Waals surface area contributed by atoms with Gasteiger partial charge >= 0.3 is 0 Å². The highest BCUT2D eigenvalue weighted by atomic mass is 16.2. The van der Waals surface area contributed by atoms with E-state index in [2.05, 4.69) is 22.4 Å². The highest BCUT2D eigenvalue weighted by molar-refractivity contribution is 6.07. The third kappa shape index (κ3) is 4.03. The molecule has 0 bridgehead atoms. The maximum atomic E-state index is 12.8. The molecule has 5 nitrogen and oxygen atoms in total. The summed E-state index contributed by atoms with van der Waals surface area (Å²) < 4.78 is 0. The van der Waals surface area contributed by atoms with Crippen LogP contribution in [0.25, 0.3) is 10.8 Å². The van der Waals surface area contributed by atoms with Crippen LogP contribution in [0.15, 0.2) is 67.0 Å². The predicted octanol–water partition coefficient (Wildman–Crippen LogP) is 3.20. The van der Waals surface area contributed by atoms with Crippen molar-refractivity contribution in [2.24, 2.45) is 0 Å². The van der Waals surface area contributed by atoms with Crippen LogP contribution in [-0.4, -0.2) is 40.8 Å². The zero-order valence-corrected chi connectivity index (χ0v) is 15.7. The zero-order chi connectivity index (χ0) is 19.3. The van der Waals surface area contributed by atoms with Gasteiger partial charge in [-0.25, -0.2) is 0 Å². The number of hydrogen-bond acceptors (Lipinski definition) is 3. The fourth-order valence-electron chi connectivity index (χ4n) is 3.79. The molecule has 28 heavy (non-hydrogen) atoms. The van der Waals surface area contributed by atoms with E-state index in [4.69, 9.17) is 0 Å². The summed E-state index contributed by atoms with van der Waals surface area (Å²) >= 11 is 0. The monoisotopic (exact) mass is 373 g/mol. The number of amides is 2. The van der Waals surface area contributed by atoms with Gasteiger partial charge in [-0.3, -0.25) is 14.6 Å². The summed E-state index contributed by atoms with van der Waals surface area (Å²) in [6.45, 7) is 1.30. The van der Waals surface area contributed by atoms with Gasteiger partial charge in [0.05, 0.1) is 6.04 Å². The molecule has 0 spiro atoms. The number of nitrogens with one attached hydrogen (secondary N) is 1. The maximum absolute atomic E-state index is 12.8. The molecule has 0 radical (unpaired) electrons. The summed E-state index contributed by atoms with van der Waals surface area (Å²) in [4.78, 5) is 31.1. The molecule has 1 atom stereocenters.